The van der Waals surface area contributed by atoms with Crippen molar-refractivity contribution in [2.45, 2.75) is 19.8 Å². The van der Waals surface area contributed by atoms with Crippen molar-refractivity contribution in [3.05, 3.63) is 71.8 Å². The van der Waals surface area contributed by atoms with Crippen molar-refractivity contribution in [1.82, 2.24) is 5.43 Å². The Labute approximate surface area is 152 Å². The van der Waals surface area contributed by atoms with E-state index in [1.807, 2.05) is 0 Å². The van der Waals surface area contributed by atoms with Gasteiger partial charge in [-0.25, -0.2) is 5.43 Å². The molecule has 0 aliphatic heterocycles. The Balaban J connectivity index is 2.06. The highest BCUT2D eigenvalue weighted by Gasteiger charge is 2.07. The second-order valence-corrected chi connectivity index (χ2v) is 5.53. The number of para-hydroxylation sites is 1. The summed E-state index contributed by atoms with van der Waals surface area (Å²) in [5.74, 6) is -0.444. The minimum Gasteiger partial charge on any atom is -0.507 e. The molecule has 0 aromatic heterocycles. The van der Waals surface area contributed by atoms with Crippen molar-refractivity contribution < 1.29 is 14.7 Å². The number of hydrogen-bond donors (Lipinski definition) is 3. The quantitative estimate of drug-likeness (QED) is 0.406. The maximum atomic E-state index is 12.2. The van der Waals surface area contributed by atoms with Gasteiger partial charge in [0.1, 0.15) is 5.75 Å². The molecule has 2 aromatic rings. The van der Waals surface area contributed by atoms with E-state index in [2.05, 4.69) is 22.4 Å². The number of nitrogens with zero attached hydrogens (tertiary/aromatic N) is 1. The predicted octanol–water partition coefficient (Wildman–Crippen LogP) is 3.23. The molecular formula is C20H21N3O3. The average molecular weight is 351 g/mol. The van der Waals surface area contributed by atoms with Crippen molar-refractivity contribution in [2.75, 3.05) is 5.32 Å². The molecule has 134 valence electrons. The SMILES string of the molecule is C=CCc1cccc(/C=N\NC(=O)c2cccc(NC(=O)CC)c2)c1O. The third kappa shape index (κ3) is 5.04. The molecule has 0 radical (unpaired) electrons. The van der Waals surface area contributed by atoms with Gasteiger partial charge in [-0.1, -0.05) is 31.2 Å². The molecule has 3 N–H and O–H groups in total. The fourth-order valence-electron chi connectivity index (χ4n) is 2.25. The summed E-state index contributed by atoms with van der Waals surface area (Å²) in [4.78, 5) is 23.6. The summed E-state index contributed by atoms with van der Waals surface area (Å²) in [6.45, 7) is 5.40. The first kappa shape index (κ1) is 18.9. The zero-order chi connectivity index (χ0) is 18.9. The summed E-state index contributed by atoms with van der Waals surface area (Å²) in [6.07, 6.45) is 3.97. The van der Waals surface area contributed by atoms with Gasteiger partial charge in [-0.3, -0.25) is 9.59 Å². The molecule has 0 aliphatic rings. The number of benzene rings is 2. The van der Waals surface area contributed by atoms with Crippen LogP contribution in [-0.4, -0.2) is 23.1 Å². The summed E-state index contributed by atoms with van der Waals surface area (Å²) in [6, 6.07) is 11.9. The van der Waals surface area contributed by atoms with Crippen LogP contribution < -0.4 is 10.7 Å². The zero-order valence-electron chi connectivity index (χ0n) is 14.5. The van der Waals surface area contributed by atoms with Crippen molar-refractivity contribution in [3.63, 3.8) is 0 Å². The molecular weight excluding hydrogens is 330 g/mol. The van der Waals surface area contributed by atoms with Gasteiger partial charge in [0.05, 0.1) is 6.21 Å². The lowest BCUT2D eigenvalue weighted by Gasteiger charge is -2.06. The van der Waals surface area contributed by atoms with E-state index in [0.717, 1.165) is 5.56 Å². The van der Waals surface area contributed by atoms with Gasteiger partial charge in [0, 0.05) is 23.2 Å². The maximum Gasteiger partial charge on any atom is 0.271 e. The van der Waals surface area contributed by atoms with Crippen LogP contribution in [0.15, 0.2) is 60.2 Å². The van der Waals surface area contributed by atoms with Gasteiger partial charge in [0.2, 0.25) is 5.91 Å². The highest BCUT2D eigenvalue weighted by Crippen LogP contribution is 2.21. The minimum absolute atomic E-state index is 0.106. The van der Waals surface area contributed by atoms with Gasteiger partial charge < -0.3 is 10.4 Å². The fraction of sp³-hybridized carbons (Fsp3) is 0.150. The molecule has 0 heterocycles. The van der Waals surface area contributed by atoms with Crippen molar-refractivity contribution in [2.24, 2.45) is 5.10 Å². The van der Waals surface area contributed by atoms with Gasteiger partial charge >= 0.3 is 0 Å². The number of allylic oxidation sites excluding steroid dienone is 1. The number of phenolic OH excluding ortho intramolecular Hbond substituents is 1. The largest absolute Gasteiger partial charge is 0.507 e. The van der Waals surface area contributed by atoms with Gasteiger partial charge in [0.15, 0.2) is 0 Å². The number of phenols is 1. The minimum atomic E-state index is -0.421. The van der Waals surface area contributed by atoms with Crippen LogP contribution in [0, 0.1) is 0 Å². The van der Waals surface area contributed by atoms with Crippen LogP contribution in [0.2, 0.25) is 0 Å². The van der Waals surface area contributed by atoms with Crippen LogP contribution >= 0.6 is 0 Å². The van der Waals surface area contributed by atoms with E-state index in [-0.39, 0.29) is 11.7 Å². The molecule has 0 saturated carbocycles. The van der Waals surface area contributed by atoms with Crippen LogP contribution in [0.25, 0.3) is 0 Å². The zero-order valence-corrected chi connectivity index (χ0v) is 14.5. The number of anilines is 1. The van der Waals surface area contributed by atoms with E-state index < -0.39 is 5.91 Å². The molecule has 26 heavy (non-hydrogen) atoms. The molecule has 2 amide bonds. The third-order valence-corrected chi connectivity index (χ3v) is 3.61. The highest BCUT2D eigenvalue weighted by atomic mass is 16.3. The first-order valence-corrected chi connectivity index (χ1v) is 8.20. The first-order valence-electron chi connectivity index (χ1n) is 8.20. The number of nitrogens with one attached hydrogen (secondary N) is 2. The van der Waals surface area contributed by atoms with Gasteiger partial charge in [-0.15, -0.1) is 6.58 Å². The lowest BCUT2D eigenvalue weighted by molar-refractivity contribution is -0.115. The van der Waals surface area contributed by atoms with Gasteiger partial charge in [-0.2, -0.15) is 5.10 Å². The lowest BCUT2D eigenvalue weighted by atomic mass is 10.1. The molecule has 6 nitrogen and oxygen atoms in total. The van der Waals surface area contributed by atoms with Crippen molar-refractivity contribution >= 4 is 23.7 Å². The molecule has 6 heteroatoms. The summed E-state index contributed by atoms with van der Waals surface area (Å²) in [5.41, 5.74) is 4.54. The number of carbonyl (C=O) groups is 2. The summed E-state index contributed by atoms with van der Waals surface area (Å²) in [7, 11) is 0. The van der Waals surface area contributed by atoms with Crippen LogP contribution in [0.3, 0.4) is 0 Å². The standard InChI is InChI=1S/C20H21N3O3/c1-3-7-14-8-5-10-16(19(14)25)13-21-23-20(26)15-9-6-11-17(12-15)22-18(24)4-2/h3,5-6,8-13,25H,1,4,7H2,2H3,(H,22,24)(H,23,26)/b21-13-. The second-order valence-electron chi connectivity index (χ2n) is 5.53. The average Bonchev–Trinajstić information content (AvgIpc) is 2.65. The van der Waals surface area contributed by atoms with E-state index in [1.165, 1.54) is 6.21 Å². The fourth-order valence-corrected chi connectivity index (χ4v) is 2.25. The number of amides is 2. The molecule has 0 aliphatic carbocycles. The smallest absolute Gasteiger partial charge is 0.271 e. The number of hydrogen-bond acceptors (Lipinski definition) is 4. The predicted molar refractivity (Wildman–Crippen MR) is 102 cm³/mol. The molecule has 0 fully saturated rings. The van der Waals surface area contributed by atoms with Gasteiger partial charge in [0.25, 0.3) is 5.91 Å². The van der Waals surface area contributed by atoms with E-state index in [0.29, 0.717) is 29.7 Å². The lowest BCUT2D eigenvalue weighted by Crippen LogP contribution is -2.18. The first-order chi connectivity index (χ1) is 12.5. The van der Waals surface area contributed by atoms with Crippen molar-refractivity contribution in [3.8, 4) is 5.75 Å². The Morgan fingerprint density at radius 3 is 2.73 bits per heavy atom. The summed E-state index contributed by atoms with van der Waals surface area (Å²) in [5, 5.41) is 16.7. The Kier molecular flexibility index (Phi) is 6.68. The normalized spacial score (nSPS) is 10.5. The molecule has 0 bridgehead atoms. The van der Waals surface area contributed by atoms with Crippen molar-refractivity contribution in [1.29, 1.82) is 0 Å². The number of carbonyl (C=O) groups excluding carboxylic acids is 2. The molecule has 0 unspecified atom stereocenters. The van der Waals surface area contributed by atoms with Crippen LogP contribution in [0.5, 0.6) is 5.75 Å². The number of hydrazone groups is 1. The Morgan fingerprint density at radius 2 is 2.00 bits per heavy atom. The van der Waals surface area contributed by atoms with E-state index in [4.69, 9.17) is 0 Å². The topological polar surface area (TPSA) is 90.8 Å². The molecule has 0 spiro atoms. The highest BCUT2D eigenvalue weighted by molar-refractivity contribution is 5.97. The molecule has 0 saturated heterocycles. The van der Waals surface area contributed by atoms with Crippen LogP contribution in [0.1, 0.15) is 34.8 Å². The maximum absolute atomic E-state index is 12.2. The van der Waals surface area contributed by atoms with E-state index >= 15 is 0 Å². The second kappa shape index (κ2) is 9.17. The van der Waals surface area contributed by atoms with E-state index in [9.17, 15) is 14.7 Å². The molecule has 0 atom stereocenters. The van der Waals surface area contributed by atoms with Crippen LogP contribution in [0.4, 0.5) is 5.69 Å². The monoisotopic (exact) mass is 351 g/mol. The van der Waals surface area contributed by atoms with Crippen LogP contribution in [-0.2, 0) is 11.2 Å². The Bertz CT molecular complexity index is 844. The number of aromatic hydroxyl groups is 1. The Morgan fingerprint density at radius 1 is 1.23 bits per heavy atom. The third-order valence-electron chi connectivity index (χ3n) is 3.61. The summed E-state index contributed by atoms with van der Waals surface area (Å²) >= 11 is 0. The van der Waals surface area contributed by atoms with E-state index in [1.54, 1.807) is 55.5 Å². The molecule has 2 aromatic carbocycles. The Hall–Kier alpha value is -3.41. The summed E-state index contributed by atoms with van der Waals surface area (Å²) < 4.78 is 0. The van der Waals surface area contributed by atoms with Gasteiger partial charge in [-0.05, 0) is 36.2 Å². The number of rotatable bonds is 7. The molecule has 2 rings (SSSR count).